The zero-order valence-electron chi connectivity index (χ0n) is 40.3. The number of rotatable bonds is 9. The van der Waals surface area contributed by atoms with Crippen molar-refractivity contribution in [3.05, 3.63) is 72.2 Å². The summed E-state index contributed by atoms with van der Waals surface area (Å²) in [4.78, 5) is 8.90. The Balaban J connectivity index is 0.000000159. The van der Waals surface area contributed by atoms with Gasteiger partial charge in [0.15, 0.2) is 0 Å². The molecule has 0 unspecified atom stereocenters. The van der Waals surface area contributed by atoms with Gasteiger partial charge in [0.2, 0.25) is 0 Å². The summed E-state index contributed by atoms with van der Waals surface area (Å²) in [5.41, 5.74) is 11.1. The van der Waals surface area contributed by atoms with Gasteiger partial charge >= 0.3 is 26.4 Å². The normalized spacial score (nSPS) is 31.8. The maximum atomic E-state index is 10.6. The fourth-order valence-corrected chi connectivity index (χ4v) is 23.9. The maximum absolute atomic E-state index is 10.6. The monoisotopic (exact) mass is 936 g/mol. The third-order valence-electron chi connectivity index (χ3n) is 16.6. The van der Waals surface area contributed by atoms with Crippen LogP contribution in [0.2, 0.25) is 39.3 Å². The van der Waals surface area contributed by atoms with E-state index in [0.717, 1.165) is 53.2 Å². The van der Waals surface area contributed by atoms with E-state index in [1.165, 1.54) is 23.8 Å². The van der Waals surface area contributed by atoms with Crippen LogP contribution in [0.25, 0.3) is 21.9 Å². The van der Waals surface area contributed by atoms with Crippen molar-refractivity contribution in [2.24, 2.45) is 40.2 Å². The van der Waals surface area contributed by atoms with Gasteiger partial charge in [0.05, 0.1) is 35.9 Å². The molecule has 10 nitrogen and oxygen atoms in total. The lowest BCUT2D eigenvalue weighted by atomic mass is 9.43. The van der Waals surface area contributed by atoms with Crippen molar-refractivity contribution in [3.63, 3.8) is 0 Å². The number of alkyl halides is 3. The quantitative estimate of drug-likeness (QED) is 0.157. The number of nitrogens with zero attached hydrogens (tertiary/aromatic N) is 1. The molecule has 0 radical (unpaired) electrons. The van der Waals surface area contributed by atoms with Crippen LogP contribution in [0.15, 0.2) is 69.9 Å². The lowest BCUT2D eigenvalue weighted by molar-refractivity contribution is -0.199. The lowest BCUT2D eigenvalue weighted by Crippen LogP contribution is -2.68. The third kappa shape index (κ3) is 8.65. The molecule has 65 heavy (non-hydrogen) atoms. The third-order valence-corrected chi connectivity index (χ3v) is 24.2. The van der Waals surface area contributed by atoms with E-state index in [1.807, 2.05) is 36.8 Å². The van der Waals surface area contributed by atoms with E-state index in [2.05, 4.69) is 109 Å². The Kier molecular flexibility index (Phi) is 12.4. The predicted octanol–water partition coefficient (Wildman–Crippen LogP) is 10.8. The van der Waals surface area contributed by atoms with Gasteiger partial charge in [-0.2, -0.15) is 13.2 Å². The standard InChI is InChI=1S/C26H42BNO3Si2.C20H26BNO3.C2HF3O2/c1-25(2)19-15-22(25)26(3)23(16-19)30-27(31-26)24(28(32(4,5)6)33(7,8)9)14-18-17-29-21-13-11-10-12-20(18)21;1-19(2)13-9-16(19)20(3)17(10-13)24-21(25-20)18(22)8-12-11-23-15-7-5-4-6-14(12)15;3-2(4,5)1(6)7/h10-13,17,19,22-24H,14-16H2,1-9H3;4-7,11,13,16-18H,8-10,22H2,1-3H3;(H,6,7)/t19-,22-,23+,24-,26-;13-,16-,17+,18-,20-;/m00./s1. The zero-order valence-corrected chi connectivity index (χ0v) is 42.3. The minimum absolute atomic E-state index is 0.176. The van der Waals surface area contributed by atoms with Gasteiger partial charge < -0.3 is 42.5 Å². The Morgan fingerprint density at radius 2 is 1.12 bits per heavy atom. The number of carboxylic acids is 1. The van der Waals surface area contributed by atoms with Gasteiger partial charge in [0.1, 0.15) is 27.6 Å². The molecule has 17 heteroatoms. The van der Waals surface area contributed by atoms with Crippen molar-refractivity contribution >= 4 is 58.6 Å². The smallest absolute Gasteiger partial charge is 0.475 e. The summed E-state index contributed by atoms with van der Waals surface area (Å²) in [6.45, 7) is 29.1. The number of aliphatic carboxylic acids is 1. The summed E-state index contributed by atoms with van der Waals surface area (Å²) < 4.78 is 73.0. The number of hydrogen-bond acceptors (Lipinski definition) is 9. The highest BCUT2D eigenvalue weighted by molar-refractivity contribution is 6.90. The second-order valence-corrected chi connectivity index (χ2v) is 33.4. The number of halogens is 3. The van der Waals surface area contributed by atoms with Gasteiger partial charge in [0.25, 0.3) is 0 Å². The SMILES string of the molecule is CC1(C)[C@@H]2C[C@H]3OB([C@@H](N)Cc4coc5ccccc45)O[C@@]3(C)[C@H]1C2.CC1(C)[C@@H]2C[C@H]3OB([C@H](Cc4coc5ccccc45)N([Si](C)(C)C)[Si](C)(C)C)O[C@@]3(C)[C@H]1C2.O=C(O)C(F)(F)F. The van der Waals surface area contributed by atoms with Crippen LogP contribution in [-0.2, 0) is 36.3 Å². The zero-order chi connectivity index (χ0) is 47.4. The summed E-state index contributed by atoms with van der Waals surface area (Å²) in [5, 5.41) is 9.47. The van der Waals surface area contributed by atoms with E-state index in [4.69, 9.17) is 43.1 Å². The second kappa shape index (κ2) is 16.7. The van der Waals surface area contributed by atoms with E-state index < -0.39 is 28.6 Å². The van der Waals surface area contributed by atoms with Crippen molar-refractivity contribution in [2.45, 2.75) is 161 Å². The highest BCUT2D eigenvalue weighted by Gasteiger charge is 2.70. The van der Waals surface area contributed by atoms with Crippen LogP contribution < -0.4 is 5.73 Å². The van der Waals surface area contributed by atoms with E-state index in [1.54, 1.807) is 0 Å². The second-order valence-electron chi connectivity index (χ2n) is 23.3. The van der Waals surface area contributed by atoms with Crippen LogP contribution in [0.1, 0.15) is 78.4 Å². The fraction of sp³-hybridized carbons (Fsp3) is 0.646. The first kappa shape index (κ1) is 48.6. The Morgan fingerprint density at radius 3 is 1.54 bits per heavy atom. The molecule has 3 N–H and O–H groups in total. The first-order valence-corrected chi connectivity index (χ1v) is 30.4. The summed E-state index contributed by atoms with van der Waals surface area (Å²) >= 11 is 0. The molecule has 2 aromatic carbocycles. The predicted molar refractivity (Wildman–Crippen MR) is 254 cm³/mol. The van der Waals surface area contributed by atoms with Crippen LogP contribution in [0.5, 0.6) is 0 Å². The van der Waals surface area contributed by atoms with Crippen molar-refractivity contribution in [1.29, 1.82) is 0 Å². The molecular formula is C48H69B2F3N2O8Si2. The van der Waals surface area contributed by atoms with Gasteiger partial charge in [-0.1, -0.05) is 103 Å². The molecule has 2 aliphatic heterocycles. The molecule has 354 valence electrons. The maximum Gasteiger partial charge on any atom is 0.490 e. The molecule has 0 amide bonds. The van der Waals surface area contributed by atoms with Gasteiger partial charge in [-0.25, -0.2) is 4.79 Å². The molecule has 8 fully saturated rings. The van der Waals surface area contributed by atoms with Gasteiger partial charge in [-0.3, -0.25) is 0 Å². The molecule has 2 saturated heterocycles. The Morgan fingerprint density at radius 1 is 0.723 bits per heavy atom. The van der Waals surface area contributed by atoms with Crippen molar-refractivity contribution in [3.8, 4) is 0 Å². The van der Waals surface area contributed by atoms with Gasteiger partial charge in [-0.05, 0) is 110 Å². The molecule has 4 aromatic rings. The Labute approximate surface area is 385 Å². The van der Waals surface area contributed by atoms with Gasteiger partial charge in [-0.15, -0.1) is 0 Å². The lowest BCUT2D eigenvalue weighted by Gasteiger charge is -2.64. The molecule has 6 saturated carbocycles. The van der Waals surface area contributed by atoms with Crippen LogP contribution in [0.4, 0.5) is 13.2 Å². The van der Waals surface area contributed by atoms with Crippen LogP contribution in [0.3, 0.4) is 0 Å². The molecule has 10 atom stereocenters. The number of fused-ring (bicyclic) bond motifs is 2. The number of carboxylic acid groups (broad SMARTS) is 1. The summed E-state index contributed by atoms with van der Waals surface area (Å²) in [5.74, 6) is -0.0726. The molecule has 0 spiro atoms. The first-order valence-electron chi connectivity index (χ1n) is 23.5. The summed E-state index contributed by atoms with van der Waals surface area (Å²) in [7, 11) is -3.84. The van der Waals surface area contributed by atoms with Gasteiger partial charge in [0, 0.05) is 22.7 Å². The average molecular weight is 937 g/mol. The van der Waals surface area contributed by atoms with Crippen molar-refractivity contribution in [1.82, 2.24) is 4.23 Å². The average Bonchev–Trinajstić information content (AvgIpc) is 3.98. The van der Waals surface area contributed by atoms with E-state index >= 15 is 0 Å². The topological polar surface area (TPSA) is 130 Å². The van der Waals surface area contributed by atoms with Crippen molar-refractivity contribution in [2.75, 3.05) is 0 Å². The molecule has 12 rings (SSSR count). The number of benzene rings is 2. The molecule has 4 heterocycles. The van der Waals surface area contributed by atoms with Crippen molar-refractivity contribution < 1.29 is 50.5 Å². The molecule has 8 aliphatic rings. The number of nitrogens with two attached hydrogens (primary N) is 1. The van der Waals surface area contributed by atoms with E-state index in [9.17, 15) is 13.2 Å². The van der Waals surface area contributed by atoms with E-state index in [0.29, 0.717) is 29.1 Å². The Bertz CT molecular complexity index is 2370. The molecule has 6 aliphatic carbocycles. The number of furan rings is 2. The highest BCUT2D eigenvalue weighted by Crippen LogP contribution is 2.67. The number of hydrogen-bond donors (Lipinski definition) is 2. The summed E-state index contributed by atoms with van der Waals surface area (Å²) in [6, 6.07) is 16.5. The van der Waals surface area contributed by atoms with Crippen LogP contribution in [0, 0.1) is 34.5 Å². The minimum atomic E-state index is -5.08. The minimum Gasteiger partial charge on any atom is -0.475 e. The number of carbonyl (C=O) groups is 1. The van der Waals surface area contributed by atoms with Crippen LogP contribution in [-0.4, -0.2) is 87.5 Å². The fourth-order valence-electron chi connectivity index (χ4n) is 13.4. The highest BCUT2D eigenvalue weighted by atomic mass is 28.4. The largest absolute Gasteiger partial charge is 0.490 e. The summed E-state index contributed by atoms with van der Waals surface area (Å²) in [6.07, 6.45) is 5.47. The Hall–Kier alpha value is -2.90. The molecular weight excluding hydrogens is 867 g/mol. The number of para-hydroxylation sites is 2. The van der Waals surface area contributed by atoms with E-state index in [-0.39, 0.29) is 49.5 Å². The first-order chi connectivity index (χ1) is 30.1. The van der Waals surface area contributed by atoms with Crippen LogP contribution >= 0.6 is 0 Å². The molecule has 2 aromatic heterocycles. The molecule has 4 bridgehead atoms.